The molecule has 1 saturated heterocycles. The van der Waals surface area contributed by atoms with E-state index in [1.165, 1.54) is 0 Å². The lowest BCUT2D eigenvalue weighted by atomic mass is 10.0. The summed E-state index contributed by atoms with van der Waals surface area (Å²) in [6.07, 6.45) is 1.83. The van der Waals surface area contributed by atoms with E-state index in [1.807, 2.05) is 29.2 Å². The maximum absolute atomic E-state index is 12.9. The molecule has 1 amide bonds. The summed E-state index contributed by atoms with van der Waals surface area (Å²) in [4.78, 5) is 27.3. The van der Waals surface area contributed by atoms with E-state index >= 15 is 0 Å². The summed E-state index contributed by atoms with van der Waals surface area (Å²) in [5.74, 6) is 0.660. The predicted octanol–water partition coefficient (Wildman–Crippen LogP) is 2.16. The van der Waals surface area contributed by atoms with E-state index < -0.39 is 0 Å². The number of rotatable bonds is 4. The SMILES string of the molecule is COc1ccc(C2CCCN2C(=O)Cn2nnc3ccccc3c2=O)cc1. The summed E-state index contributed by atoms with van der Waals surface area (Å²) in [5.41, 5.74) is 1.30. The van der Waals surface area contributed by atoms with Crippen LogP contribution in [0.15, 0.2) is 53.3 Å². The standard InChI is InChI=1S/C20H20N4O3/c1-27-15-10-8-14(9-11-15)18-7-4-12-23(18)19(25)13-24-20(26)16-5-2-3-6-17(16)21-22-24/h2-3,5-6,8-11,18H,4,7,12-13H2,1H3. The minimum atomic E-state index is -0.297. The fraction of sp³-hybridized carbons (Fsp3) is 0.300. The van der Waals surface area contributed by atoms with E-state index in [9.17, 15) is 9.59 Å². The first-order valence-corrected chi connectivity index (χ1v) is 8.93. The van der Waals surface area contributed by atoms with Gasteiger partial charge in [0.25, 0.3) is 5.56 Å². The highest BCUT2D eigenvalue weighted by atomic mass is 16.5. The van der Waals surface area contributed by atoms with Gasteiger partial charge >= 0.3 is 0 Å². The second-order valence-corrected chi connectivity index (χ2v) is 6.59. The summed E-state index contributed by atoms with van der Waals surface area (Å²) in [6.45, 7) is 0.564. The summed E-state index contributed by atoms with van der Waals surface area (Å²) in [5, 5.41) is 8.44. The van der Waals surface area contributed by atoms with Gasteiger partial charge in [-0.3, -0.25) is 9.59 Å². The largest absolute Gasteiger partial charge is 0.497 e. The Morgan fingerprint density at radius 2 is 1.96 bits per heavy atom. The van der Waals surface area contributed by atoms with Crippen molar-refractivity contribution >= 4 is 16.8 Å². The molecule has 1 aliphatic heterocycles. The Morgan fingerprint density at radius 3 is 2.74 bits per heavy atom. The molecule has 1 atom stereocenters. The fourth-order valence-corrected chi connectivity index (χ4v) is 3.58. The number of methoxy groups -OCH3 is 1. The molecule has 138 valence electrons. The van der Waals surface area contributed by atoms with Crippen molar-refractivity contribution in [1.29, 1.82) is 0 Å². The second kappa shape index (κ2) is 7.19. The Labute approximate surface area is 156 Å². The van der Waals surface area contributed by atoms with E-state index in [4.69, 9.17) is 4.74 Å². The van der Waals surface area contributed by atoms with E-state index in [1.54, 1.807) is 31.4 Å². The molecule has 0 N–H and O–H groups in total. The molecule has 3 aromatic rings. The monoisotopic (exact) mass is 364 g/mol. The van der Waals surface area contributed by atoms with E-state index in [0.717, 1.165) is 28.8 Å². The van der Waals surface area contributed by atoms with Gasteiger partial charge in [0.05, 0.1) is 18.5 Å². The van der Waals surface area contributed by atoms with Crippen molar-refractivity contribution in [3.8, 4) is 5.75 Å². The van der Waals surface area contributed by atoms with Crippen LogP contribution in [0.25, 0.3) is 10.9 Å². The van der Waals surface area contributed by atoms with Crippen LogP contribution in [0.4, 0.5) is 0 Å². The van der Waals surface area contributed by atoms with Crippen LogP contribution in [0.1, 0.15) is 24.4 Å². The molecule has 0 radical (unpaired) electrons. The van der Waals surface area contributed by atoms with Crippen LogP contribution in [0.5, 0.6) is 5.75 Å². The van der Waals surface area contributed by atoms with Gasteiger partial charge in [-0.25, -0.2) is 4.68 Å². The van der Waals surface area contributed by atoms with Crippen molar-refractivity contribution in [3.05, 3.63) is 64.4 Å². The van der Waals surface area contributed by atoms with Gasteiger partial charge in [-0.15, -0.1) is 5.10 Å². The molecule has 0 aliphatic carbocycles. The Hall–Kier alpha value is -3.22. The van der Waals surface area contributed by atoms with Gasteiger partial charge in [-0.2, -0.15) is 0 Å². The maximum atomic E-state index is 12.9. The average molecular weight is 364 g/mol. The van der Waals surface area contributed by atoms with Gasteiger partial charge in [-0.1, -0.05) is 29.5 Å². The first-order chi connectivity index (χ1) is 13.2. The van der Waals surface area contributed by atoms with Crippen LogP contribution >= 0.6 is 0 Å². The van der Waals surface area contributed by atoms with Crippen molar-refractivity contribution in [2.75, 3.05) is 13.7 Å². The number of benzene rings is 2. The van der Waals surface area contributed by atoms with Crippen molar-refractivity contribution in [1.82, 2.24) is 19.9 Å². The fourth-order valence-electron chi connectivity index (χ4n) is 3.58. The number of carbonyl (C=O) groups excluding carboxylic acids is 1. The zero-order valence-corrected chi connectivity index (χ0v) is 15.0. The molecule has 0 spiro atoms. The quantitative estimate of drug-likeness (QED) is 0.709. The minimum absolute atomic E-state index is 0.00697. The first kappa shape index (κ1) is 17.2. The molecule has 1 fully saturated rings. The van der Waals surface area contributed by atoms with Gasteiger partial charge in [0.1, 0.15) is 17.8 Å². The number of amides is 1. The highest BCUT2D eigenvalue weighted by Gasteiger charge is 2.30. The van der Waals surface area contributed by atoms with Crippen LogP contribution in [0.3, 0.4) is 0 Å². The Bertz CT molecular complexity index is 1030. The lowest BCUT2D eigenvalue weighted by Gasteiger charge is -2.25. The summed E-state index contributed by atoms with van der Waals surface area (Å²) in [6, 6.07) is 14.8. The smallest absolute Gasteiger partial charge is 0.278 e. The molecular formula is C20H20N4O3. The van der Waals surface area contributed by atoms with Gasteiger partial charge in [0.2, 0.25) is 5.91 Å². The van der Waals surface area contributed by atoms with E-state index in [2.05, 4.69) is 10.3 Å². The van der Waals surface area contributed by atoms with Crippen LogP contribution < -0.4 is 10.3 Å². The highest BCUT2D eigenvalue weighted by molar-refractivity contribution is 5.79. The third kappa shape index (κ3) is 3.28. The zero-order valence-electron chi connectivity index (χ0n) is 15.0. The van der Waals surface area contributed by atoms with Crippen LogP contribution in [0.2, 0.25) is 0 Å². The van der Waals surface area contributed by atoms with Gasteiger partial charge in [0, 0.05) is 6.54 Å². The third-order valence-corrected chi connectivity index (χ3v) is 4.99. The van der Waals surface area contributed by atoms with Crippen molar-refractivity contribution < 1.29 is 9.53 Å². The zero-order chi connectivity index (χ0) is 18.8. The van der Waals surface area contributed by atoms with Gasteiger partial charge in [-0.05, 0) is 42.7 Å². The lowest BCUT2D eigenvalue weighted by Crippen LogP contribution is -2.37. The predicted molar refractivity (Wildman–Crippen MR) is 100 cm³/mol. The van der Waals surface area contributed by atoms with Crippen LogP contribution in [-0.4, -0.2) is 39.5 Å². The second-order valence-electron chi connectivity index (χ2n) is 6.59. The molecule has 7 nitrogen and oxygen atoms in total. The number of likely N-dealkylation sites (tertiary alicyclic amines) is 1. The minimum Gasteiger partial charge on any atom is -0.497 e. The van der Waals surface area contributed by atoms with Gasteiger partial charge < -0.3 is 9.64 Å². The number of aromatic nitrogens is 3. The Morgan fingerprint density at radius 1 is 1.19 bits per heavy atom. The number of carbonyl (C=O) groups is 1. The molecule has 2 aromatic carbocycles. The molecular weight excluding hydrogens is 344 g/mol. The average Bonchev–Trinajstić information content (AvgIpc) is 3.20. The van der Waals surface area contributed by atoms with Crippen LogP contribution in [-0.2, 0) is 11.3 Å². The maximum Gasteiger partial charge on any atom is 0.278 e. The molecule has 1 unspecified atom stereocenters. The van der Waals surface area contributed by atoms with Crippen molar-refractivity contribution in [2.45, 2.75) is 25.4 Å². The molecule has 0 saturated carbocycles. The van der Waals surface area contributed by atoms with Crippen molar-refractivity contribution in [2.24, 2.45) is 0 Å². The topological polar surface area (TPSA) is 77.3 Å². The third-order valence-electron chi connectivity index (χ3n) is 4.99. The molecule has 1 aliphatic rings. The number of hydrogen-bond acceptors (Lipinski definition) is 5. The van der Waals surface area contributed by atoms with Crippen LogP contribution in [0, 0.1) is 0 Å². The molecule has 0 bridgehead atoms. The first-order valence-electron chi connectivity index (χ1n) is 8.93. The number of fused-ring (bicyclic) bond motifs is 1. The molecule has 1 aromatic heterocycles. The number of ether oxygens (including phenoxy) is 1. The van der Waals surface area contributed by atoms with Crippen molar-refractivity contribution in [3.63, 3.8) is 0 Å². The molecule has 4 rings (SSSR count). The number of nitrogens with zero attached hydrogens (tertiary/aromatic N) is 4. The summed E-state index contributed by atoms with van der Waals surface area (Å²) >= 11 is 0. The van der Waals surface area contributed by atoms with Gasteiger partial charge in [0.15, 0.2) is 0 Å². The lowest BCUT2D eigenvalue weighted by molar-refractivity contribution is -0.133. The molecule has 27 heavy (non-hydrogen) atoms. The number of hydrogen-bond donors (Lipinski definition) is 0. The highest BCUT2D eigenvalue weighted by Crippen LogP contribution is 2.32. The van der Waals surface area contributed by atoms with E-state index in [-0.39, 0.29) is 24.1 Å². The Balaban J connectivity index is 1.57. The summed E-state index contributed by atoms with van der Waals surface area (Å²) < 4.78 is 6.35. The molecule has 7 heteroatoms. The van der Waals surface area contributed by atoms with E-state index in [0.29, 0.717) is 17.4 Å². The molecule has 2 heterocycles. The Kier molecular flexibility index (Phi) is 4.58. The normalized spacial score (nSPS) is 16.6. The summed E-state index contributed by atoms with van der Waals surface area (Å²) in [7, 11) is 1.63.